The van der Waals surface area contributed by atoms with Gasteiger partial charge in [0.2, 0.25) is 0 Å². The highest BCUT2D eigenvalue weighted by atomic mass is 16.5. The summed E-state index contributed by atoms with van der Waals surface area (Å²) in [5.41, 5.74) is 16.2. The average Bonchev–Trinajstić information content (AvgIpc) is 3.90. The van der Waals surface area contributed by atoms with E-state index in [-0.39, 0.29) is 24.8 Å². The maximum atomic E-state index is 12.4. The highest BCUT2D eigenvalue weighted by Crippen LogP contribution is 2.44. The number of allylic oxidation sites excluding steroid dienone is 3. The molecule has 9 rings (SSSR count). The van der Waals surface area contributed by atoms with Crippen LogP contribution >= 0.6 is 0 Å². The van der Waals surface area contributed by atoms with Crippen molar-refractivity contribution in [3.05, 3.63) is 130 Å². The van der Waals surface area contributed by atoms with E-state index in [4.69, 9.17) is 19.4 Å². The number of H-pyrrole nitrogens is 2. The number of benzene rings is 3. The summed E-state index contributed by atoms with van der Waals surface area (Å²) >= 11 is 0. The zero-order valence-corrected chi connectivity index (χ0v) is 30.9. The zero-order valence-electron chi connectivity index (χ0n) is 30.9. The van der Waals surface area contributed by atoms with E-state index in [1.165, 1.54) is 47.3 Å². The maximum absolute atomic E-state index is 12.4. The fraction of sp³-hybridized carbons (Fsp3) is 0.217. The van der Waals surface area contributed by atoms with E-state index in [2.05, 4.69) is 109 Å². The molecule has 0 amide bonds. The molecule has 268 valence electrons. The van der Waals surface area contributed by atoms with Crippen molar-refractivity contribution in [2.24, 2.45) is 0 Å². The first kappa shape index (κ1) is 33.5. The summed E-state index contributed by atoms with van der Waals surface area (Å²) in [6, 6.07) is 30.1. The zero-order chi connectivity index (χ0) is 37.1. The Hall–Kier alpha value is -6.28. The summed E-state index contributed by atoms with van der Waals surface area (Å²) in [6.45, 7) is 4.16. The predicted octanol–water partition coefficient (Wildman–Crippen LogP) is 9.82. The summed E-state index contributed by atoms with van der Waals surface area (Å²) in [6.07, 6.45) is 3.27. The van der Waals surface area contributed by atoms with Crippen LogP contribution in [0.1, 0.15) is 77.6 Å². The Kier molecular flexibility index (Phi) is 8.26. The molecule has 2 aliphatic heterocycles. The van der Waals surface area contributed by atoms with Crippen molar-refractivity contribution in [2.75, 3.05) is 14.2 Å². The Labute approximate surface area is 312 Å². The van der Waals surface area contributed by atoms with Crippen LogP contribution < -0.4 is 0 Å². The minimum atomic E-state index is -0.273. The Morgan fingerprint density at radius 1 is 0.667 bits per heavy atom. The number of fused-ring (bicyclic) bond motifs is 17. The lowest BCUT2D eigenvalue weighted by atomic mass is 9.84. The molecule has 3 aromatic carbocycles. The summed E-state index contributed by atoms with van der Waals surface area (Å²) in [7, 11) is 2.84. The lowest BCUT2D eigenvalue weighted by Gasteiger charge is -2.18. The van der Waals surface area contributed by atoms with E-state index >= 15 is 0 Å². The van der Waals surface area contributed by atoms with E-state index in [9.17, 15) is 9.59 Å². The molecule has 6 aromatic rings. The van der Waals surface area contributed by atoms with Gasteiger partial charge in [-0.2, -0.15) is 0 Å². The smallest absolute Gasteiger partial charge is 0.305 e. The molecule has 8 bridgehead atoms. The lowest BCUT2D eigenvalue weighted by Crippen LogP contribution is -2.02. The number of nitrogens with one attached hydrogen (secondary N) is 2. The molecule has 0 fully saturated rings. The molecule has 0 atom stereocenters. The van der Waals surface area contributed by atoms with Crippen molar-refractivity contribution >= 4 is 77.8 Å². The third-order valence-electron chi connectivity index (χ3n) is 11.4. The first-order chi connectivity index (χ1) is 26.3. The van der Waals surface area contributed by atoms with Gasteiger partial charge in [-0.05, 0) is 114 Å². The molecule has 8 heteroatoms. The molecule has 2 N–H and O–H groups in total. The lowest BCUT2D eigenvalue weighted by molar-refractivity contribution is -0.141. The first-order valence-electron chi connectivity index (χ1n) is 18.5. The van der Waals surface area contributed by atoms with Crippen LogP contribution in [0.15, 0.2) is 84.9 Å². The molecule has 1 aliphatic carbocycles. The van der Waals surface area contributed by atoms with Gasteiger partial charge in [-0.1, -0.05) is 60.7 Å². The molecule has 54 heavy (non-hydrogen) atoms. The highest BCUT2D eigenvalue weighted by Gasteiger charge is 2.28. The van der Waals surface area contributed by atoms with Crippen LogP contribution in [-0.2, 0) is 31.9 Å². The molecule has 0 saturated carbocycles. The Balaban J connectivity index is 1.41. The first-order valence-corrected chi connectivity index (χ1v) is 18.5. The number of aromatic amines is 2. The molecular weight excluding hydrogens is 673 g/mol. The molecule has 3 aliphatic rings. The quantitative estimate of drug-likeness (QED) is 0.166. The van der Waals surface area contributed by atoms with E-state index in [0.717, 1.165) is 90.7 Å². The minimum Gasteiger partial charge on any atom is -0.469 e. The molecule has 0 saturated heterocycles. The number of hydrogen-bond acceptors (Lipinski definition) is 6. The number of carbonyl (C=O) groups is 2. The predicted molar refractivity (Wildman–Crippen MR) is 216 cm³/mol. The second-order valence-corrected chi connectivity index (χ2v) is 14.3. The molecule has 0 unspecified atom stereocenters. The largest absolute Gasteiger partial charge is 0.469 e. The van der Waals surface area contributed by atoms with Crippen LogP contribution in [-0.4, -0.2) is 46.1 Å². The standard InChI is InChI=1S/C46H40N4O4/c1-25-29(17-19-43(51)53-3)37-23-38-30(18-20-44(52)54-4)26(2)36(48-38)22-41-45-31-11-7-5-9-27(31)14-16-34(45)40(50-41)24-42-46-32-12-8-6-10-28(32)13-15-33(46)39(49-42)21-35(25)47-37/h5-13,15,21-24,48-49H,14,16-20H2,1-4H3. The fourth-order valence-corrected chi connectivity index (χ4v) is 8.52. The van der Waals surface area contributed by atoms with Gasteiger partial charge in [-0.3, -0.25) is 9.59 Å². The summed E-state index contributed by atoms with van der Waals surface area (Å²) in [5, 5.41) is 4.58. The number of carbonyl (C=O) groups excluding carboxylic acids is 2. The van der Waals surface area contributed by atoms with Crippen molar-refractivity contribution < 1.29 is 19.1 Å². The summed E-state index contributed by atoms with van der Waals surface area (Å²) in [5.74, 6) is -0.539. The molecule has 0 spiro atoms. The van der Waals surface area contributed by atoms with Gasteiger partial charge in [0.15, 0.2) is 0 Å². The minimum absolute atomic E-state index is 0.231. The second-order valence-electron chi connectivity index (χ2n) is 14.3. The number of nitrogens with zero attached hydrogens (tertiary/aromatic N) is 2. The van der Waals surface area contributed by atoms with Crippen LogP contribution in [0.2, 0.25) is 0 Å². The van der Waals surface area contributed by atoms with Crippen LogP contribution in [0, 0.1) is 6.92 Å². The molecule has 3 aromatic heterocycles. The van der Waals surface area contributed by atoms with E-state index in [1.54, 1.807) is 0 Å². The number of rotatable bonds is 6. The number of ether oxygens (including phenoxy) is 2. The Morgan fingerprint density at radius 3 is 2.19 bits per heavy atom. The van der Waals surface area contributed by atoms with Crippen LogP contribution in [0.3, 0.4) is 0 Å². The molecular formula is C46H40N4O4. The average molecular weight is 713 g/mol. The highest BCUT2D eigenvalue weighted by molar-refractivity contribution is 6.20. The van der Waals surface area contributed by atoms with Crippen molar-refractivity contribution in [2.45, 2.75) is 52.4 Å². The van der Waals surface area contributed by atoms with Gasteiger partial charge in [-0.15, -0.1) is 0 Å². The monoisotopic (exact) mass is 712 g/mol. The third-order valence-corrected chi connectivity index (χ3v) is 11.4. The van der Waals surface area contributed by atoms with Gasteiger partial charge in [0.1, 0.15) is 0 Å². The normalized spacial score (nSPS) is 13.7. The number of aryl methyl sites for hydroxylation is 3. The van der Waals surface area contributed by atoms with Gasteiger partial charge >= 0.3 is 11.9 Å². The third kappa shape index (κ3) is 5.61. The molecule has 8 nitrogen and oxygen atoms in total. The van der Waals surface area contributed by atoms with E-state index < -0.39 is 0 Å². The van der Waals surface area contributed by atoms with Gasteiger partial charge in [0, 0.05) is 51.3 Å². The van der Waals surface area contributed by atoms with Crippen molar-refractivity contribution in [1.82, 2.24) is 19.9 Å². The van der Waals surface area contributed by atoms with Gasteiger partial charge in [0.05, 0.1) is 37.0 Å². The SMILES string of the molecule is COC(=O)CCC1=C(C)c2cc3[nH]c(cc4nc(cc5[nH]c(cc1n2)c(CCC(=O)OC)c5C)C1=C4CCc2ccccc21)c1c2ccccc2ccc31. The summed E-state index contributed by atoms with van der Waals surface area (Å²) in [4.78, 5) is 43.0. The van der Waals surface area contributed by atoms with Gasteiger partial charge in [-0.25, -0.2) is 9.97 Å². The van der Waals surface area contributed by atoms with Crippen LogP contribution in [0.5, 0.6) is 0 Å². The number of methoxy groups -OCH3 is 2. The van der Waals surface area contributed by atoms with Gasteiger partial charge < -0.3 is 19.4 Å². The topological polar surface area (TPSA) is 110 Å². The Bertz CT molecular complexity index is 2820. The Morgan fingerprint density at radius 2 is 1.35 bits per heavy atom. The van der Waals surface area contributed by atoms with Crippen LogP contribution in [0.4, 0.5) is 0 Å². The van der Waals surface area contributed by atoms with E-state index in [0.29, 0.717) is 12.8 Å². The number of hydrogen-bond donors (Lipinski definition) is 2. The maximum Gasteiger partial charge on any atom is 0.305 e. The second kappa shape index (κ2) is 13.3. The molecule has 5 heterocycles. The molecule has 0 radical (unpaired) electrons. The number of esters is 2. The fourth-order valence-electron chi connectivity index (χ4n) is 8.52. The van der Waals surface area contributed by atoms with Gasteiger partial charge in [0.25, 0.3) is 0 Å². The van der Waals surface area contributed by atoms with Crippen molar-refractivity contribution in [1.29, 1.82) is 0 Å². The van der Waals surface area contributed by atoms with Crippen molar-refractivity contribution in [3.63, 3.8) is 0 Å². The van der Waals surface area contributed by atoms with E-state index in [1.807, 2.05) is 0 Å². The van der Waals surface area contributed by atoms with Crippen LogP contribution in [0.25, 0.3) is 65.9 Å². The van der Waals surface area contributed by atoms with Crippen molar-refractivity contribution in [3.8, 4) is 0 Å². The number of aromatic nitrogens is 4. The summed E-state index contributed by atoms with van der Waals surface area (Å²) < 4.78 is 10.1.